The summed E-state index contributed by atoms with van der Waals surface area (Å²) in [6.45, 7) is 2.27. The number of rotatable bonds is 3. The summed E-state index contributed by atoms with van der Waals surface area (Å²) in [4.78, 5) is 0. The van der Waals surface area contributed by atoms with Crippen molar-refractivity contribution in [3.05, 3.63) is 29.8 Å². The molecule has 2 atom stereocenters. The van der Waals surface area contributed by atoms with Crippen LogP contribution < -0.4 is 5.32 Å². The van der Waals surface area contributed by atoms with Crippen molar-refractivity contribution in [2.24, 2.45) is 5.92 Å². The topological polar surface area (TPSA) is 35.8 Å². The van der Waals surface area contributed by atoms with Gasteiger partial charge >= 0.3 is 0 Å². The lowest BCUT2D eigenvalue weighted by molar-refractivity contribution is 0.525. The highest BCUT2D eigenvalue weighted by Crippen LogP contribution is 2.30. The second-order valence-corrected chi connectivity index (χ2v) is 4.62. The van der Waals surface area contributed by atoms with Crippen LogP contribution in [0.3, 0.4) is 0 Å². The van der Waals surface area contributed by atoms with Crippen LogP contribution in [0.25, 0.3) is 0 Å². The molecule has 1 fully saturated rings. The standard InChI is InChI=1S/C14H18N2/c1-2-11-3-8-14(9-11)16-13-6-4-12(10-15)5-7-13/h4-7,11,14,16H,2-3,8-9H2,1H3. The van der Waals surface area contributed by atoms with Gasteiger partial charge in [-0.15, -0.1) is 0 Å². The first-order valence-electron chi connectivity index (χ1n) is 6.08. The molecule has 2 rings (SSSR count). The monoisotopic (exact) mass is 214 g/mol. The van der Waals surface area contributed by atoms with Crippen LogP contribution in [0.2, 0.25) is 0 Å². The molecule has 2 heteroatoms. The molecule has 1 N–H and O–H groups in total. The van der Waals surface area contributed by atoms with Crippen molar-refractivity contribution >= 4 is 5.69 Å². The molecular weight excluding hydrogens is 196 g/mol. The highest BCUT2D eigenvalue weighted by molar-refractivity contribution is 5.47. The van der Waals surface area contributed by atoms with Crippen molar-refractivity contribution in [3.63, 3.8) is 0 Å². The summed E-state index contributed by atoms with van der Waals surface area (Å²) in [5, 5.41) is 12.3. The van der Waals surface area contributed by atoms with Crippen LogP contribution in [0.5, 0.6) is 0 Å². The fourth-order valence-electron chi connectivity index (χ4n) is 2.45. The maximum absolute atomic E-state index is 8.71. The van der Waals surface area contributed by atoms with Crippen molar-refractivity contribution in [1.82, 2.24) is 0 Å². The van der Waals surface area contributed by atoms with E-state index in [0.717, 1.165) is 17.2 Å². The van der Waals surface area contributed by atoms with Crippen LogP contribution in [-0.2, 0) is 0 Å². The first-order valence-corrected chi connectivity index (χ1v) is 6.08. The molecule has 0 aliphatic heterocycles. The molecule has 16 heavy (non-hydrogen) atoms. The molecule has 0 heterocycles. The molecule has 1 aliphatic carbocycles. The van der Waals surface area contributed by atoms with Crippen molar-refractivity contribution < 1.29 is 0 Å². The second kappa shape index (κ2) is 5.03. The van der Waals surface area contributed by atoms with Crippen LogP contribution in [0.4, 0.5) is 5.69 Å². The molecule has 0 spiro atoms. The summed E-state index contributed by atoms with van der Waals surface area (Å²) < 4.78 is 0. The second-order valence-electron chi connectivity index (χ2n) is 4.62. The first-order chi connectivity index (χ1) is 7.81. The van der Waals surface area contributed by atoms with Crippen LogP contribution in [0.1, 0.15) is 38.2 Å². The van der Waals surface area contributed by atoms with Gasteiger partial charge in [-0.05, 0) is 49.4 Å². The van der Waals surface area contributed by atoms with E-state index in [9.17, 15) is 0 Å². The molecule has 0 saturated heterocycles. The Balaban J connectivity index is 1.92. The zero-order chi connectivity index (χ0) is 11.4. The SMILES string of the molecule is CCC1CCC(Nc2ccc(C#N)cc2)C1. The van der Waals surface area contributed by atoms with Crippen LogP contribution in [0, 0.1) is 17.2 Å². The Kier molecular flexibility index (Phi) is 3.46. The summed E-state index contributed by atoms with van der Waals surface area (Å²) in [6, 6.07) is 10.5. The van der Waals surface area contributed by atoms with E-state index in [0.29, 0.717) is 6.04 Å². The lowest BCUT2D eigenvalue weighted by Gasteiger charge is -2.14. The fourth-order valence-corrected chi connectivity index (χ4v) is 2.45. The Bertz CT molecular complexity index is 375. The highest BCUT2D eigenvalue weighted by atomic mass is 14.9. The van der Waals surface area contributed by atoms with Gasteiger partial charge in [0.1, 0.15) is 0 Å². The number of nitrogens with one attached hydrogen (secondary N) is 1. The van der Waals surface area contributed by atoms with Crippen LogP contribution in [-0.4, -0.2) is 6.04 Å². The molecule has 84 valence electrons. The van der Waals surface area contributed by atoms with Crippen molar-refractivity contribution in [3.8, 4) is 6.07 Å². The van der Waals surface area contributed by atoms with E-state index in [1.165, 1.54) is 25.7 Å². The number of benzene rings is 1. The lowest BCUT2D eigenvalue weighted by Crippen LogP contribution is -2.15. The van der Waals surface area contributed by atoms with Crippen molar-refractivity contribution in [2.75, 3.05) is 5.32 Å². The van der Waals surface area contributed by atoms with Gasteiger partial charge in [-0.3, -0.25) is 0 Å². The number of hydrogen-bond donors (Lipinski definition) is 1. The van der Waals surface area contributed by atoms with E-state index in [2.05, 4.69) is 18.3 Å². The van der Waals surface area contributed by atoms with Gasteiger partial charge in [0.05, 0.1) is 11.6 Å². The van der Waals surface area contributed by atoms with E-state index < -0.39 is 0 Å². The Labute approximate surface area is 97.3 Å². The number of nitriles is 1. The van der Waals surface area contributed by atoms with Crippen LogP contribution in [0.15, 0.2) is 24.3 Å². The van der Waals surface area contributed by atoms with Crippen LogP contribution >= 0.6 is 0 Å². The summed E-state index contributed by atoms with van der Waals surface area (Å²) in [5.74, 6) is 0.899. The number of anilines is 1. The quantitative estimate of drug-likeness (QED) is 0.835. The minimum atomic E-state index is 0.623. The van der Waals surface area contributed by atoms with Crippen molar-refractivity contribution in [1.29, 1.82) is 5.26 Å². The minimum Gasteiger partial charge on any atom is -0.382 e. The fraction of sp³-hybridized carbons (Fsp3) is 0.500. The highest BCUT2D eigenvalue weighted by Gasteiger charge is 2.22. The van der Waals surface area contributed by atoms with Gasteiger partial charge in [0.25, 0.3) is 0 Å². The summed E-state index contributed by atoms with van der Waals surface area (Å²) >= 11 is 0. The molecular formula is C14H18N2. The van der Waals surface area contributed by atoms with E-state index in [-0.39, 0.29) is 0 Å². The number of nitrogens with zero attached hydrogens (tertiary/aromatic N) is 1. The van der Waals surface area contributed by atoms with Gasteiger partial charge in [0.2, 0.25) is 0 Å². The minimum absolute atomic E-state index is 0.623. The Morgan fingerprint density at radius 1 is 1.31 bits per heavy atom. The predicted molar refractivity (Wildman–Crippen MR) is 66.2 cm³/mol. The third-order valence-electron chi connectivity index (χ3n) is 3.50. The van der Waals surface area contributed by atoms with Gasteiger partial charge in [0, 0.05) is 11.7 Å². The lowest BCUT2D eigenvalue weighted by atomic mass is 10.1. The average Bonchev–Trinajstić information content (AvgIpc) is 2.78. The molecule has 0 bridgehead atoms. The Morgan fingerprint density at radius 2 is 2.06 bits per heavy atom. The molecule has 1 aromatic carbocycles. The average molecular weight is 214 g/mol. The third-order valence-corrected chi connectivity index (χ3v) is 3.50. The van der Waals surface area contributed by atoms with E-state index in [1.54, 1.807) is 0 Å². The van der Waals surface area contributed by atoms with Gasteiger partial charge in [0.15, 0.2) is 0 Å². The molecule has 1 saturated carbocycles. The summed E-state index contributed by atoms with van der Waals surface area (Å²) in [6.07, 6.45) is 5.21. The molecule has 0 aromatic heterocycles. The maximum Gasteiger partial charge on any atom is 0.0991 e. The van der Waals surface area contributed by atoms with Gasteiger partial charge in [-0.2, -0.15) is 5.26 Å². The normalized spacial score (nSPS) is 24.0. The van der Waals surface area contributed by atoms with Gasteiger partial charge < -0.3 is 5.32 Å². The largest absolute Gasteiger partial charge is 0.382 e. The molecule has 0 amide bonds. The zero-order valence-corrected chi connectivity index (χ0v) is 9.74. The molecule has 1 aromatic rings. The zero-order valence-electron chi connectivity index (χ0n) is 9.74. The van der Waals surface area contributed by atoms with Gasteiger partial charge in [-0.25, -0.2) is 0 Å². The molecule has 1 aliphatic rings. The van der Waals surface area contributed by atoms with E-state index in [4.69, 9.17) is 5.26 Å². The maximum atomic E-state index is 8.71. The summed E-state index contributed by atoms with van der Waals surface area (Å²) in [7, 11) is 0. The predicted octanol–water partition coefficient (Wildman–Crippen LogP) is 3.55. The van der Waals surface area contributed by atoms with E-state index in [1.807, 2.05) is 24.3 Å². The van der Waals surface area contributed by atoms with E-state index >= 15 is 0 Å². The molecule has 0 radical (unpaired) electrons. The molecule has 2 unspecified atom stereocenters. The molecule has 2 nitrogen and oxygen atoms in total. The Hall–Kier alpha value is -1.49. The third kappa shape index (κ3) is 2.55. The Morgan fingerprint density at radius 3 is 2.62 bits per heavy atom. The summed E-state index contributed by atoms with van der Waals surface area (Å²) in [5.41, 5.74) is 1.86. The van der Waals surface area contributed by atoms with Crippen molar-refractivity contribution in [2.45, 2.75) is 38.6 Å². The number of hydrogen-bond acceptors (Lipinski definition) is 2. The van der Waals surface area contributed by atoms with Gasteiger partial charge in [-0.1, -0.05) is 13.3 Å². The smallest absolute Gasteiger partial charge is 0.0991 e. The first kappa shape index (κ1) is 11.0.